The Kier molecular flexibility index (Phi) is 5.48. The predicted octanol–water partition coefficient (Wildman–Crippen LogP) is 3.52. The molecule has 0 aliphatic rings. The lowest BCUT2D eigenvalue weighted by molar-refractivity contribution is 0.527. The SMILES string of the molecule is CCCNC(Cc1cncc(Br)c1)c1cccnc1. The summed E-state index contributed by atoms with van der Waals surface area (Å²) in [4.78, 5) is 8.43. The molecular formula is C15H18BrN3. The van der Waals surface area contributed by atoms with E-state index in [1.807, 2.05) is 24.7 Å². The number of nitrogens with one attached hydrogen (secondary N) is 1. The Morgan fingerprint density at radius 3 is 2.84 bits per heavy atom. The maximum absolute atomic E-state index is 4.22. The summed E-state index contributed by atoms with van der Waals surface area (Å²) in [6.45, 7) is 3.18. The first-order valence-corrected chi connectivity index (χ1v) is 7.31. The van der Waals surface area contributed by atoms with Crippen molar-refractivity contribution in [1.29, 1.82) is 0 Å². The molecule has 2 heterocycles. The van der Waals surface area contributed by atoms with Gasteiger partial charge in [-0.3, -0.25) is 9.97 Å². The second-order valence-corrected chi connectivity index (χ2v) is 5.42. The Bertz CT molecular complexity index is 502. The van der Waals surface area contributed by atoms with Crippen LogP contribution in [0.2, 0.25) is 0 Å². The minimum atomic E-state index is 0.282. The molecule has 0 saturated heterocycles. The van der Waals surface area contributed by atoms with Gasteiger partial charge in [0.1, 0.15) is 0 Å². The molecule has 2 aromatic rings. The molecule has 0 bridgehead atoms. The average Bonchev–Trinajstić information content (AvgIpc) is 2.44. The van der Waals surface area contributed by atoms with Crippen LogP contribution in [0.15, 0.2) is 47.5 Å². The maximum atomic E-state index is 4.22. The van der Waals surface area contributed by atoms with E-state index < -0.39 is 0 Å². The van der Waals surface area contributed by atoms with Crippen molar-refractivity contribution >= 4 is 15.9 Å². The lowest BCUT2D eigenvalue weighted by Gasteiger charge is -2.18. The molecule has 0 radical (unpaired) electrons. The van der Waals surface area contributed by atoms with Crippen LogP contribution in [0.4, 0.5) is 0 Å². The van der Waals surface area contributed by atoms with Crippen molar-refractivity contribution in [2.75, 3.05) is 6.54 Å². The molecule has 0 saturated carbocycles. The molecule has 3 nitrogen and oxygen atoms in total. The molecule has 2 rings (SSSR count). The van der Waals surface area contributed by atoms with Crippen LogP contribution in [0, 0.1) is 0 Å². The molecule has 0 fully saturated rings. The van der Waals surface area contributed by atoms with E-state index in [1.54, 1.807) is 6.20 Å². The van der Waals surface area contributed by atoms with Crippen LogP contribution in [0.5, 0.6) is 0 Å². The third kappa shape index (κ3) is 4.40. The van der Waals surface area contributed by atoms with Gasteiger partial charge in [-0.15, -0.1) is 0 Å². The minimum absolute atomic E-state index is 0.282. The van der Waals surface area contributed by atoms with E-state index >= 15 is 0 Å². The van der Waals surface area contributed by atoms with Gasteiger partial charge in [0, 0.05) is 35.3 Å². The molecule has 1 atom stereocenters. The van der Waals surface area contributed by atoms with Crippen LogP contribution < -0.4 is 5.32 Å². The second-order valence-electron chi connectivity index (χ2n) is 4.51. The number of pyridine rings is 2. The average molecular weight is 320 g/mol. The van der Waals surface area contributed by atoms with Gasteiger partial charge in [0.2, 0.25) is 0 Å². The first kappa shape index (κ1) is 14.2. The van der Waals surface area contributed by atoms with Crippen LogP contribution in [0.3, 0.4) is 0 Å². The lowest BCUT2D eigenvalue weighted by atomic mass is 10.0. The van der Waals surface area contributed by atoms with Gasteiger partial charge in [0.05, 0.1) is 0 Å². The van der Waals surface area contributed by atoms with E-state index in [1.165, 1.54) is 11.1 Å². The standard InChI is InChI=1S/C15H18BrN3/c1-2-5-19-15(13-4-3-6-17-10-13)8-12-7-14(16)11-18-9-12/h3-4,6-7,9-11,15,19H,2,5,8H2,1H3. The summed E-state index contributed by atoms with van der Waals surface area (Å²) >= 11 is 3.47. The van der Waals surface area contributed by atoms with E-state index in [9.17, 15) is 0 Å². The Hall–Kier alpha value is -1.26. The van der Waals surface area contributed by atoms with Crippen LogP contribution in [-0.4, -0.2) is 16.5 Å². The van der Waals surface area contributed by atoms with Crippen molar-refractivity contribution in [2.24, 2.45) is 0 Å². The quantitative estimate of drug-likeness (QED) is 0.885. The summed E-state index contributed by atoms with van der Waals surface area (Å²) in [5, 5.41) is 3.57. The Morgan fingerprint density at radius 2 is 2.16 bits per heavy atom. The van der Waals surface area contributed by atoms with E-state index in [-0.39, 0.29) is 6.04 Å². The topological polar surface area (TPSA) is 37.8 Å². The third-order valence-electron chi connectivity index (χ3n) is 2.93. The van der Waals surface area contributed by atoms with Crippen LogP contribution >= 0.6 is 15.9 Å². The molecule has 100 valence electrons. The second kappa shape index (κ2) is 7.36. The molecule has 1 N–H and O–H groups in total. The van der Waals surface area contributed by atoms with Gasteiger partial charge >= 0.3 is 0 Å². The predicted molar refractivity (Wildman–Crippen MR) is 80.9 cm³/mol. The van der Waals surface area contributed by atoms with Gasteiger partial charge in [0.15, 0.2) is 0 Å². The highest BCUT2D eigenvalue weighted by Gasteiger charge is 2.11. The van der Waals surface area contributed by atoms with E-state index in [4.69, 9.17) is 0 Å². The van der Waals surface area contributed by atoms with Gasteiger partial charge in [-0.05, 0) is 58.6 Å². The highest BCUT2D eigenvalue weighted by Crippen LogP contribution is 2.19. The molecule has 1 unspecified atom stereocenters. The van der Waals surface area contributed by atoms with Crippen molar-refractivity contribution < 1.29 is 0 Å². The van der Waals surface area contributed by atoms with Crippen molar-refractivity contribution in [3.63, 3.8) is 0 Å². The molecule has 0 spiro atoms. The maximum Gasteiger partial charge on any atom is 0.0410 e. The fraction of sp³-hybridized carbons (Fsp3) is 0.333. The molecule has 4 heteroatoms. The molecule has 0 aliphatic carbocycles. The zero-order valence-corrected chi connectivity index (χ0v) is 12.6. The number of halogens is 1. The van der Waals surface area contributed by atoms with Crippen molar-refractivity contribution in [3.8, 4) is 0 Å². The lowest BCUT2D eigenvalue weighted by Crippen LogP contribution is -2.24. The summed E-state index contributed by atoms with van der Waals surface area (Å²) in [5.41, 5.74) is 2.43. The van der Waals surface area contributed by atoms with Gasteiger partial charge in [-0.1, -0.05) is 13.0 Å². The largest absolute Gasteiger partial charge is 0.310 e. The summed E-state index contributed by atoms with van der Waals surface area (Å²) in [7, 11) is 0. The summed E-state index contributed by atoms with van der Waals surface area (Å²) in [6, 6.07) is 6.50. The van der Waals surface area contributed by atoms with Crippen LogP contribution in [-0.2, 0) is 6.42 Å². The van der Waals surface area contributed by atoms with Gasteiger partial charge < -0.3 is 5.32 Å². The van der Waals surface area contributed by atoms with Gasteiger partial charge in [0.25, 0.3) is 0 Å². The van der Waals surface area contributed by atoms with Crippen molar-refractivity contribution in [1.82, 2.24) is 15.3 Å². The van der Waals surface area contributed by atoms with E-state index in [0.29, 0.717) is 0 Å². The monoisotopic (exact) mass is 319 g/mol. The highest BCUT2D eigenvalue weighted by molar-refractivity contribution is 9.10. The summed E-state index contributed by atoms with van der Waals surface area (Å²) in [5.74, 6) is 0. The third-order valence-corrected chi connectivity index (χ3v) is 3.36. The molecule has 0 amide bonds. The van der Waals surface area contributed by atoms with E-state index in [0.717, 1.165) is 23.9 Å². The number of nitrogens with zero attached hydrogens (tertiary/aromatic N) is 2. The molecule has 2 aromatic heterocycles. The first-order chi connectivity index (χ1) is 9.29. The summed E-state index contributed by atoms with van der Waals surface area (Å²) < 4.78 is 1.02. The molecule has 0 aromatic carbocycles. The van der Waals surface area contributed by atoms with Crippen molar-refractivity contribution in [3.05, 3.63) is 58.6 Å². The van der Waals surface area contributed by atoms with Gasteiger partial charge in [-0.2, -0.15) is 0 Å². The first-order valence-electron chi connectivity index (χ1n) is 6.52. The molecule has 0 aliphatic heterocycles. The highest BCUT2D eigenvalue weighted by atomic mass is 79.9. The van der Waals surface area contributed by atoms with Crippen LogP contribution in [0.25, 0.3) is 0 Å². The number of hydrogen-bond acceptors (Lipinski definition) is 3. The normalized spacial score (nSPS) is 12.3. The molecular weight excluding hydrogens is 302 g/mol. The zero-order chi connectivity index (χ0) is 13.5. The zero-order valence-electron chi connectivity index (χ0n) is 11.0. The Balaban J connectivity index is 2.14. The fourth-order valence-corrected chi connectivity index (χ4v) is 2.42. The Morgan fingerprint density at radius 1 is 1.26 bits per heavy atom. The van der Waals surface area contributed by atoms with Gasteiger partial charge in [-0.25, -0.2) is 0 Å². The molecule has 19 heavy (non-hydrogen) atoms. The van der Waals surface area contributed by atoms with E-state index in [2.05, 4.69) is 50.3 Å². The Labute approximate surface area is 122 Å². The number of hydrogen-bond donors (Lipinski definition) is 1. The number of aromatic nitrogens is 2. The van der Waals surface area contributed by atoms with Crippen LogP contribution in [0.1, 0.15) is 30.5 Å². The smallest absolute Gasteiger partial charge is 0.0410 e. The summed E-state index contributed by atoms with van der Waals surface area (Å²) in [6.07, 6.45) is 9.50. The minimum Gasteiger partial charge on any atom is -0.310 e. The fourth-order valence-electron chi connectivity index (χ4n) is 2.01. The number of rotatable bonds is 6. The van der Waals surface area contributed by atoms with Crippen molar-refractivity contribution in [2.45, 2.75) is 25.8 Å².